The van der Waals surface area contributed by atoms with Crippen LogP contribution in [-0.2, 0) is 11.8 Å². The Kier molecular flexibility index (Phi) is 5.33. The van der Waals surface area contributed by atoms with E-state index in [1.807, 2.05) is 17.5 Å². The third-order valence-corrected chi connectivity index (χ3v) is 12.8. The third kappa shape index (κ3) is 3.59. The SMILES string of the molecule is CC(C)Cc1ccc2c(c1)-c1sc3c(-c4cc(C(C)(C)C)c5ccccc5c4)nccc3c1[Si]2(C)C. The summed E-state index contributed by atoms with van der Waals surface area (Å²) in [6.07, 6.45) is 3.17. The summed E-state index contributed by atoms with van der Waals surface area (Å²) in [5.41, 5.74) is 6.76. The van der Waals surface area contributed by atoms with E-state index in [0.29, 0.717) is 5.92 Å². The highest BCUT2D eigenvalue weighted by molar-refractivity contribution is 7.28. The van der Waals surface area contributed by atoms with Crippen LogP contribution in [0.2, 0.25) is 13.1 Å². The number of benzene rings is 3. The van der Waals surface area contributed by atoms with E-state index in [1.165, 1.54) is 48.0 Å². The Balaban J connectivity index is 1.61. The molecule has 0 spiro atoms. The van der Waals surface area contributed by atoms with Gasteiger partial charge in [0.15, 0.2) is 0 Å². The number of nitrogens with zero attached hydrogens (tertiary/aromatic N) is 1. The average Bonchev–Trinajstić information content (AvgIpc) is 3.31. The number of aromatic nitrogens is 1. The Labute approximate surface area is 220 Å². The predicted molar refractivity (Wildman–Crippen MR) is 162 cm³/mol. The van der Waals surface area contributed by atoms with Gasteiger partial charge in [0, 0.05) is 16.6 Å². The molecule has 0 saturated heterocycles. The zero-order valence-corrected chi connectivity index (χ0v) is 24.3. The van der Waals surface area contributed by atoms with Crippen LogP contribution in [0, 0.1) is 5.92 Å². The molecule has 6 rings (SSSR count). The van der Waals surface area contributed by atoms with Gasteiger partial charge in [0.1, 0.15) is 8.07 Å². The van der Waals surface area contributed by atoms with Gasteiger partial charge in [-0.05, 0) is 79.2 Å². The maximum absolute atomic E-state index is 5.01. The van der Waals surface area contributed by atoms with E-state index in [-0.39, 0.29) is 5.41 Å². The quantitative estimate of drug-likeness (QED) is 0.224. The van der Waals surface area contributed by atoms with E-state index in [4.69, 9.17) is 4.98 Å². The zero-order chi connectivity index (χ0) is 25.4. The van der Waals surface area contributed by atoms with Gasteiger partial charge in [-0.2, -0.15) is 0 Å². The Morgan fingerprint density at radius 2 is 1.69 bits per heavy atom. The Morgan fingerprint density at radius 3 is 2.44 bits per heavy atom. The van der Waals surface area contributed by atoms with E-state index in [0.717, 1.165) is 12.1 Å². The van der Waals surface area contributed by atoms with Gasteiger partial charge < -0.3 is 0 Å². The third-order valence-electron chi connectivity index (χ3n) is 7.82. The van der Waals surface area contributed by atoms with Crippen molar-refractivity contribution in [3.63, 3.8) is 0 Å². The Morgan fingerprint density at radius 1 is 0.917 bits per heavy atom. The summed E-state index contributed by atoms with van der Waals surface area (Å²) in [5, 5.41) is 7.26. The zero-order valence-electron chi connectivity index (χ0n) is 22.5. The summed E-state index contributed by atoms with van der Waals surface area (Å²) in [6, 6.07) is 23.1. The lowest BCUT2D eigenvalue weighted by Crippen LogP contribution is -2.49. The van der Waals surface area contributed by atoms with Gasteiger partial charge >= 0.3 is 0 Å². The predicted octanol–water partition coefficient (Wildman–Crippen LogP) is 8.42. The average molecular weight is 506 g/mol. The van der Waals surface area contributed by atoms with Crippen LogP contribution in [0.5, 0.6) is 0 Å². The number of hydrogen-bond acceptors (Lipinski definition) is 2. The number of rotatable bonds is 3. The molecule has 0 atom stereocenters. The second kappa shape index (κ2) is 8.13. The smallest absolute Gasteiger partial charge is 0.115 e. The second-order valence-electron chi connectivity index (χ2n) is 12.4. The molecule has 0 fully saturated rings. The van der Waals surface area contributed by atoms with Crippen molar-refractivity contribution in [1.29, 1.82) is 0 Å². The van der Waals surface area contributed by atoms with Gasteiger partial charge in [-0.15, -0.1) is 11.3 Å². The normalized spacial score (nSPS) is 14.6. The van der Waals surface area contributed by atoms with E-state index in [9.17, 15) is 0 Å². The molecular formula is C33H35NSSi. The minimum Gasteiger partial charge on any atom is -0.255 e. The molecule has 1 aliphatic rings. The van der Waals surface area contributed by atoms with E-state index in [2.05, 4.69) is 108 Å². The maximum Gasteiger partial charge on any atom is 0.115 e. The molecule has 5 aromatic rings. The molecular weight excluding hydrogens is 471 g/mol. The molecule has 0 radical (unpaired) electrons. The van der Waals surface area contributed by atoms with Gasteiger partial charge in [0.25, 0.3) is 0 Å². The summed E-state index contributed by atoms with van der Waals surface area (Å²) in [6.45, 7) is 16.6. The fourth-order valence-electron chi connectivity index (χ4n) is 6.16. The highest BCUT2D eigenvalue weighted by Gasteiger charge is 2.41. The summed E-state index contributed by atoms with van der Waals surface area (Å²) in [7, 11) is -1.78. The van der Waals surface area contributed by atoms with Crippen LogP contribution in [0.3, 0.4) is 0 Å². The largest absolute Gasteiger partial charge is 0.255 e. The van der Waals surface area contributed by atoms with Crippen LogP contribution in [0.25, 0.3) is 42.6 Å². The molecule has 2 aromatic heterocycles. The molecule has 3 heteroatoms. The van der Waals surface area contributed by atoms with Gasteiger partial charge in [0.2, 0.25) is 0 Å². The standard InChI is InChI=1S/C33H35NSSi/c1-20(2)16-21-12-13-28-26(17-21)31-32(36(28,6)7)25-14-15-34-29(30(25)35-31)23-18-22-10-8-9-11-24(22)27(19-23)33(3,4)5/h8-15,17-20H,16H2,1-7H3. The van der Waals surface area contributed by atoms with Crippen LogP contribution >= 0.6 is 11.3 Å². The van der Waals surface area contributed by atoms with Crippen LogP contribution < -0.4 is 10.4 Å². The topological polar surface area (TPSA) is 12.9 Å². The van der Waals surface area contributed by atoms with E-state index in [1.54, 1.807) is 10.4 Å². The highest BCUT2D eigenvalue weighted by atomic mass is 32.1. The minimum atomic E-state index is -1.78. The van der Waals surface area contributed by atoms with Gasteiger partial charge in [-0.3, -0.25) is 4.98 Å². The van der Waals surface area contributed by atoms with Crippen molar-refractivity contribution in [3.05, 3.63) is 78.0 Å². The molecule has 0 aliphatic carbocycles. The number of fused-ring (bicyclic) bond motifs is 6. The first-order chi connectivity index (χ1) is 17.1. The molecule has 0 amide bonds. The minimum absolute atomic E-state index is 0.0569. The number of thiophene rings is 1. The fraction of sp³-hybridized carbons (Fsp3) is 0.303. The number of hydrogen-bond donors (Lipinski definition) is 0. The van der Waals surface area contributed by atoms with Crippen molar-refractivity contribution in [3.8, 4) is 21.7 Å². The van der Waals surface area contributed by atoms with Crippen LogP contribution in [0.15, 0.2) is 66.9 Å². The van der Waals surface area contributed by atoms with Crippen molar-refractivity contribution in [2.75, 3.05) is 0 Å². The Hall–Kier alpha value is -2.75. The lowest BCUT2D eigenvalue weighted by atomic mass is 9.82. The first-order valence-electron chi connectivity index (χ1n) is 13.1. The lowest BCUT2D eigenvalue weighted by molar-refractivity contribution is 0.596. The molecule has 36 heavy (non-hydrogen) atoms. The molecule has 0 bridgehead atoms. The second-order valence-corrected chi connectivity index (χ2v) is 17.7. The summed E-state index contributed by atoms with van der Waals surface area (Å²) >= 11 is 1.97. The summed E-state index contributed by atoms with van der Waals surface area (Å²) in [5.74, 6) is 0.664. The Bertz CT molecular complexity index is 1650. The monoisotopic (exact) mass is 505 g/mol. The van der Waals surface area contributed by atoms with Crippen LogP contribution in [0.4, 0.5) is 0 Å². The molecule has 0 saturated carbocycles. The van der Waals surface area contributed by atoms with E-state index < -0.39 is 8.07 Å². The molecule has 3 aromatic carbocycles. The summed E-state index contributed by atoms with van der Waals surface area (Å²) < 4.78 is 1.35. The molecule has 0 unspecified atom stereocenters. The molecule has 182 valence electrons. The van der Waals surface area contributed by atoms with Crippen molar-refractivity contribution in [2.45, 2.75) is 59.5 Å². The molecule has 1 nitrogen and oxygen atoms in total. The van der Waals surface area contributed by atoms with Crippen LogP contribution in [-0.4, -0.2) is 13.1 Å². The van der Waals surface area contributed by atoms with Gasteiger partial charge in [-0.25, -0.2) is 0 Å². The molecule has 0 N–H and O–H groups in total. The van der Waals surface area contributed by atoms with Crippen molar-refractivity contribution in [2.24, 2.45) is 5.92 Å². The van der Waals surface area contributed by atoms with Gasteiger partial charge in [0.05, 0.1) is 10.4 Å². The van der Waals surface area contributed by atoms with Crippen molar-refractivity contribution >= 4 is 50.6 Å². The summed E-state index contributed by atoms with van der Waals surface area (Å²) in [4.78, 5) is 6.50. The molecule has 3 heterocycles. The van der Waals surface area contributed by atoms with Crippen LogP contribution in [0.1, 0.15) is 45.7 Å². The first kappa shape index (κ1) is 23.6. The van der Waals surface area contributed by atoms with Crippen molar-refractivity contribution in [1.82, 2.24) is 4.98 Å². The van der Waals surface area contributed by atoms with Gasteiger partial charge in [-0.1, -0.05) is 90.2 Å². The fourth-order valence-corrected chi connectivity index (χ4v) is 11.7. The molecule has 1 aliphatic heterocycles. The number of pyridine rings is 1. The highest BCUT2D eigenvalue weighted by Crippen LogP contribution is 2.43. The first-order valence-corrected chi connectivity index (χ1v) is 17.0. The maximum atomic E-state index is 5.01. The van der Waals surface area contributed by atoms with Crippen molar-refractivity contribution < 1.29 is 0 Å². The van der Waals surface area contributed by atoms with E-state index >= 15 is 0 Å². The lowest BCUT2D eigenvalue weighted by Gasteiger charge is -2.23.